The lowest BCUT2D eigenvalue weighted by atomic mass is 10.2. The van der Waals surface area contributed by atoms with Gasteiger partial charge in [-0.3, -0.25) is 4.79 Å². The number of benzene rings is 2. The first-order valence-corrected chi connectivity index (χ1v) is 11.8. The van der Waals surface area contributed by atoms with Crippen LogP contribution >= 0.6 is 11.8 Å². The van der Waals surface area contributed by atoms with Crippen LogP contribution in [0, 0.1) is 0 Å². The topological polar surface area (TPSA) is 99.9 Å². The number of carbonyl (C=O) groups is 1. The number of nitrogens with zero attached hydrogens (tertiary/aromatic N) is 4. The molecule has 0 unspecified atom stereocenters. The van der Waals surface area contributed by atoms with Gasteiger partial charge in [-0.2, -0.15) is 4.52 Å². The standard InChI is InChI=1S/C24H25N5O4S/c1-31-18-8-9-19(20(14-18)32-2)24-27-26-21-10-11-23(28-29(21)24)33-13-12-25-22(30)16-34-15-17-6-4-3-5-7-17/h3-11,14H,12-13,15-16H2,1-2H3,(H,25,30). The molecule has 1 amide bonds. The largest absolute Gasteiger partial charge is 0.497 e. The molecular formula is C24H25N5O4S. The molecule has 9 nitrogen and oxygen atoms in total. The highest BCUT2D eigenvalue weighted by Gasteiger charge is 2.16. The maximum Gasteiger partial charge on any atom is 0.231 e. The number of ether oxygens (including phenoxy) is 3. The molecular weight excluding hydrogens is 454 g/mol. The molecule has 176 valence electrons. The van der Waals surface area contributed by atoms with E-state index < -0.39 is 0 Å². The third kappa shape index (κ3) is 5.76. The van der Waals surface area contributed by atoms with Gasteiger partial charge in [0.15, 0.2) is 11.5 Å². The quantitative estimate of drug-likeness (QED) is 0.327. The van der Waals surface area contributed by atoms with Crippen LogP contribution in [0.2, 0.25) is 0 Å². The van der Waals surface area contributed by atoms with E-state index in [1.165, 1.54) is 5.56 Å². The summed E-state index contributed by atoms with van der Waals surface area (Å²) >= 11 is 1.58. The minimum atomic E-state index is -0.0272. The minimum Gasteiger partial charge on any atom is -0.497 e. The summed E-state index contributed by atoms with van der Waals surface area (Å²) < 4.78 is 18.1. The summed E-state index contributed by atoms with van der Waals surface area (Å²) in [5, 5.41) is 15.8. The second-order valence-corrected chi connectivity index (χ2v) is 8.19. The molecule has 0 aliphatic rings. The molecule has 0 aliphatic heterocycles. The highest BCUT2D eigenvalue weighted by atomic mass is 32.2. The predicted molar refractivity (Wildman–Crippen MR) is 130 cm³/mol. The first kappa shape index (κ1) is 23.4. The fourth-order valence-electron chi connectivity index (χ4n) is 3.23. The Kier molecular flexibility index (Phi) is 7.82. The van der Waals surface area contributed by atoms with Gasteiger partial charge in [0.2, 0.25) is 11.8 Å². The first-order chi connectivity index (χ1) is 16.7. The Morgan fingerprint density at radius 3 is 2.68 bits per heavy atom. The molecule has 2 aromatic carbocycles. The van der Waals surface area contributed by atoms with Crippen molar-refractivity contribution in [3.05, 3.63) is 66.2 Å². The molecule has 0 spiro atoms. The van der Waals surface area contributed by atoms with E-state index >= 15 is 0 Å². The normalized spacial score (nSPS) is 10.8. The Balaban J connectivity index is 1.32. The maximum atomic E-state index is 12.0. The van der Waals surface area contributed by atoms with Gasteiger partial charge in [0.25, 0.3) is 0 Å². The number of nitrogens with one attached hydrogen (secondary N) is 1. The smallest absolute Gasteiger partial charge is 0.231 e. The minimum absolute atomic E-state index is 0.0272. The zero-order valence-corrected chi connectivity index (χ0v) is 19.7. The zero-order chi connectivity index (χ0) is 23.8. The Morgan fingerprint density at radius 1 is 1.03 bits per heavy atom. The van der Waals surface area contributed by atoms with Crippen molar-refractivity contribution in [2.45, 2.75) is 5.75 Å². The maximum absolute atomic E-state index is 12.0. The van der Waals surface area contributed by atoms with Crippen LogP contribution in [0.1, 0.15) is 5.56 Å². The van der Waals surface area contributed by atoms with Crippen LogP contribution in [0.25, 0.3) is 17.0 Å². The molecule has 2 heterocycles. The summed E-state index contributed by atoms with van der Waals surface area (Å²) in [5.74, 6) is 3.35. The molecule has 10 heteroatoms. The van der Waals surface area contributed by atoms with Gasteiger partial charge in [-0.05, 0) is 23.8 Å². The highest BCUT2D eigenvalue weighted by Crippen LogP contribution is 2.32. The summed E-state index contributed by atoms with van der Waals surface area (Å²) in [4.78, 5) is 12.0. The summed E-state index contributed by atoms with van der Waals surface area (Å²) in [7, 11) is 3.18. The molecule has 0 radical (unpaired) electrons. The second kappa shape index (κ2) is 11.4. The number of hydrogen-bond donors (Lipinski definition) is 1. The molecule has 34 heavy (non-hydrogen) atoms. The van der Waals surface area contributed by atoms with Crippen LogP contribution in [-0.4, -0.2) is 58.8 Å². The van der Waals surface area contributed by atoms with E-state index in [1.807, 2.05) is 30.3 Å². The van der Waals surface area contributed by atoms with E-state index in [0.717, 1.165) is 11.3 Å². The molecule has 1 N–H and O–H groups in total. The van der Waals surface area contributed by atoms with Crippen molar-refractivity contribution in [1.29, 1.82) is 0 Å². The lowest BCUT2D eigenvalue weighted by Crippen LogP contribution is -2.29. The monoisotopic (exact) mass is 479 g/mol. The average Bonchev–Trinajstić information content (AvgIpc) is 3.30. The van der Waals surface area contributed by atoms with Gasteiger partial charge < -0.3 is 19.5 Å². The van der Waals surface area contributed by atoms with Gasteiger partial charge in [0.1, 0.15) is 18.1 Å². The van der Waals surface area contributed by atoms with Crippen molar-refractivity contribution in [3.8, 4) is 28.8 Å². The average molecular weight is 480 g/mol. The van der Waals surface area contributed by atoms with E-state index in [-0.39, 0.29) is 12.5 Å². The predicted octanol–water partition coefficient (Wildman–Crippen LogP) is 3.24. The molecule has 0 saturated carbocycles. The van der Waals surface area contributed by atoms with E-state index in [1.54, 1.807) is 48.7 Å². The number of methoxy groups -OCH3 is 2. The van der Waals surface area contributed by atoms with Gasteiger partial charge >= 0.3 is 0 Å². The van der Waals surface area contributed by atoms with E-state index in [0.29, 0.717) is 41.1 Å². The number of thioether (sulfide) groups is 1. The molecule has 4 rings (SSSR count). The van der Waals surface area contributed by atoms with Crippen molar-refractivity contribution in [2.24, 2.45) is 0 Å². The fraction of sp³-hybridized carbons (Fsp3) is 0.250. The van der Waals surface area contributed by atoms with Gasteiger partial charge in [-0.15, -0.1) is 27.1 Å². The van der Waals surface area contributed by atoms with Crippen LogP contribution in [0.5, 0.6) is 17.4 Å². The van der Waals surface area contributed by atoms with Gasteiger partial charge in [-0.1, -0.05) is 30.3 Å². The van der Waals surface area contributed by atoms with Crippen molar-refractivity contribution >= 4 is 23.3 Å². The van der Waals surface area contributed by atoms with E-state index in [4.69, 9.17) is 14.2 Å². The Morgan fingerprint density at radius 2 is 1.88 bits per heavy atom. The van der Waals surface area contributed by atoms with Gasteiger partial charge in [-0.25, -0.2) is 0 Å². The Labute approximate surface area is 201 Å². The third-order valence-electron chi connectivity index (χ3n) is 4.91. The molecule has 0 bridgehead atoms. The molecule has 4 aromatic rings. The van der Waals surface area contributed by atoms with Crippen LogP contribution in [0.3, 0.4) is 0 Å². The van der Waals surface area contributed by atoms with E-state index in [9.17, 15) is 4.79 Å². The molecule has 2 aromatic heterocycles. The highest BCUT2D eigenvalue weighted by molar-refractivity contribution is 7.99. The Bertz CT molecular complexity index is 1250. The lowest BCUT2D eigenvalue weighted by molar-refractivity contribution is -0.118. The van der Waals surface area contributed by atoms with Crippen molar-refractivity contribution in [2.75, 3.05) is 33.1 Å². The molecule has 0 aliphatic carbocycles. The van der Waals surface area contributed by atoms with Crippen LogP contribution in [-0.2, 0) is 10.5 Å². The molecule has 0 saturated heterocycles. The molecule has 0 atom stereocenters. The van der Waals surface area contributed by atoms with Crippen molar-refractivity contribution < 1.29 is 19.0 Å². The number of rotatable bonds is 11. The fourth-order valence-corrected chi connectivity index (χ4v) is 4.05. The second-order valence-electron chi connectivity index (χ2n) is 7.21. The summed E-state index contributed by atoms with van der Waals surface area (Å²) in [6.07, 6.45) is 0. The van der Waals surface area contributed by atoms with Crippen LogP contribution < -0.4 is 19.5 Å². The zero-order valence-electron chi connectivity index (χ0n) is 18.9. The first-order valence-electron chi connectivity index (χ1n) is 10.6. The van der Waals surface area contributed by atoms with Gasteiger partial charge in [0.05, 0.1) is 32.1 Å². The van der Waals surface area contributed by atoms with E-state index in [2.05, 4.69) is 32.7 Å². The Hall–Kier alpha value is -3.79. The number of carbonyl (C=O) groups excluding carboxylic acids is 1. The number of fused-ring (bicyclic) bond motifs is 1. The lowest BCUT2D eigenvalue weighted by Gasteiger charge is -2.10. The van der Waals surface area contributed by atoms with Crippen molar-refractivity contribution in [3.63, 3.8) is 0 Å². The summed E-state index contributed by atoms with van der Waals surface area (Å²) in [6, 6.07) is 19.0. The SMILES string of the molecule is COc1ccc(-c2nnc3ccc(OCCNC(=O)CSCc4ccccc4)nn23)c(OC)c1. The van der Waals surface area contributed by atoms with Crippen LogP contribution in [0.15, 0.2) is 60.7 Å². The number of hydrogen-bond acceptors (Lipinski definition) is 8. The number of aromatic nitrogens is 4. The van der Waals surface area contributed by atoms with Crippen LogP contribution in [0.4, 0.5) is 0 Å². The summed E-state index contributed by atoms with van der Waals surface area (Å²) in [5.41, 5.74) is 2.50. The van der Waals surface area contributed by atoms with Gasteiger partial charge in [0, 0.05) is 17.9 Å². The summed E-state index contributed by atoms with van der Waals surface area (Å²) in [6.45, 7) is 0.669. The molecule has 0 fully saturated rings. The number of amides is 1. The third-order valence-corrected chi connectivity index (χ3v) is 5.91. The van der Waals surface area contributed by atoms with Crippen molar-refractivity contribution in [1.82, 2.24) is 25.1 Å².